The van der Waals surface area contributed by atoms with E-state index in [0.717, 1.165) is 38.5 Å². The lowest BCUT2D eigenvalue weighted by molar-refractivity contribution is -0.883. The molecule has 0 aliphatic heterocycles. The van der Waals surface area contributed by atoms with Gasteiger partial charge in [0.2, 0.25) is 0 Å². The molecule has 0 aromatic carbocycles. The van der Waals surface area contributed by atoms with Crippen LogP contribution in [0.3, 0.4) is 0 Å². The van der Waals surface area contributed by atoms with Gasteiger partial charge in [0.25, 0.3) is 15.6 Å². The number of terminal acetylenes is 2. The van der Waals surface area contributed by atoms with E-state index in [9.17, 15) is 18.9 Å². The van der Waals surface area contributed by atoms with Gasteiger partial charge in [-0.1, -0.05) is 180 Å². The van der Waals surface area contributed by atoms with Crippen molar-refractivity contribution in [2.24, 2.45) is 0 Å². The molecule has 2 atom stereocenters. The van der Waals surface area contributed by atoms with E-state index in [1.54, 1.807) is 0 Å². The first-order valence-corrected chi connectivity index (χ1v) is 26.4. The predicted molar refractivity (Wildman–Crippen MR) is 239 cm³/mol. The molecule has 0 saturated heterocycles. The minimum absolute atomic E-state index is 0.0809. The van der Waals surface area contributed by atoms with Crippen LogP contribution in [0.2, 0.25) is 0 Å². The van der Waals surface area contributed by atoms with Crippen LogP contribution >= 0.6 is 15.6 Å². The second-order valence-corrected chi connectivity index (χ2v) is 20.7. The van der Waals surface area contributed by atoms with E-state index < -0.39 is 15.6 Å². The van der Waals surface area contributed by atoms with Gasteiger partial charge >= 0.3 is 0 Å². The molecule has 0 bridgehead atoms. The van der Waals surface area contributed by atoms with Gasteiger partial charge in [-0.25, -0.2) is 0 Å². The first-order valence-electron chi connectivity index (χ1n) is 23.5. The Morgan fingerprint density at radius 2 is 0.534 bits per heavy atom. The van der Waals surface area contributed by atoms with Gasteiger partial charge in [-0.2, -0.15) is 0 Å². The van der Waals surface area contributed by atoms with Crippen molar-refractivity contribution < 1.29 is 46.0 Å². The molecule has 0 N–H and O–H groups in total. The van der Waals surface area contributed by atoms with E-state index in [1.165, 1.54) is 154 Å². The number of hydrogen-bond acceptors (Lipinski definition) is 8. The van der Waals surface area contributed by atoms with Crippen molar-refractivity contribution >= 4 is 15.6 Å². The average molecular weight is 861 g/mol. The lowest BCUT2D eigenvalue weighted by atomic mass is 10.0. The molecule has 342 valence electrons. The summed E-state index contributed by atoms with van der Waals surface area (Å²) in [4.78, 5) is 23.8. The highest BCUT2D eigenvalue weighted by Crippen LogP contribution is 2.39. The molecular weight excluding hydrogens is 770 g/mol. The Bertz CT molecular complexity index is 1040. The molecule has 0 fully saturated rings. The Balaban J connectivity index is 3.29. The molecule has 0 amide bonds. The quantitative estimate of drug-likeness (QED) is 0.0257. The van der Waals surface area contributed by atoms with E-state index in [2.05, 4.69) is 11.8 Å². The second-order valence-electron chi connectivity index (χ2n) is 17.9. The molecule has 10 nitrogen and oxygen atoms in total. The van der Waals surface area contributed by atoms with E-state index in [1.807, 2.05) is 28.2 Å². The smallest absolute Gasteiger partial charge is 0.268 e. The van der Waals surface area contributed by atoms with Crippen LogP contribution in [0.5, 0.6) is 0 Å². The summed E-state index contributed by atoms with van der Waals surface area (Å²) in [7, 11) is -0.695. The van der Waals surface area contributed by atoms with Crippen molar-refractivity contribution in [2.45, 2.75) is 193 Å². The second kappa shape index (κ2) is 38.0. The fourth-order valence-electron chi connectivity index (χ4n) is 7.03. The molecule has 0 aliphatic carbocycles. The van der Waals surface area contributed by atoms with Gasteiger partial charge in [0.15, 0.2) is 0 Å². The maximum absolute atomic E-state index is 11.9. The number of phosphoric acid groups is 2. The fourth-order valence-corrected chi connectivity index (χ4v) is 8.50. The molecule has 0 rings (SSSR count). The van der Waals surface area contributed by atoms with Crippen LogP contribution in [0.15, 0.2) is 0 Å². The zero-order chi connectivity index (χ0) is 43.1. The number of quaternary nitrogens is 2. The molecule has 0 radical (unpaired) electrons. The largest absolute Gasteiger partial charge is 0.756 e. The predicted octanol–water partition coefficient (Wildman–Crippen LogP) is 11.1. The Hall–Kier alpha value is -0.740. The summed E-state index contributed by atoms with van der Waals surface area (Å²) >= 11 is 0. The zero-order valence-electron chi connectivity index (χ0n) is 38.1. The molecule has 0 aromatic heterocycles. The topological polar surface area (TPSA) is 117 Å². The summed E-state index contributed by atoms with van der Waals surface area (Å²) < 4.78 is 44.8. The Morgan fingerprint density at radius 3 is 0.724 bits per heavy atom. The van der Waals surface area contributed by atoms with Crippen molar-refractivity contribution in [3.63, 3.8) is 0 Å². The van der Waals surface area contributed by atoms with Crippen LogP contribution < -0.4 is 9.79 Å². The van der Waals surface area contributed by atoms with E-state index in [0.29, 0.717) is 35.1 Å². The Morgan fingerprint density at radius 1 is 0.362 bits per heavy atom. The van der Waals surface area contributed by atoms with Gasteiger partial charge in [0.05, 0.1) is 41.4 Å². The summed E-state index contributed by atoms with van der Waals surface area (Å²) in [6.07, 6.45) is 48.9. The maximum atomic E-state index is 11.9. The van der Waals surface area contributed by atoms with Gasteiger partial charge in [-0.3, -0.25) is 9.13 Å². The molecule has 0 heterocycles. The highest BCUT2D eigenvalue weighted by atomic mass is 31.2. The molecule has 0 aliphatic rings. The maximum Gasteiger partial charge on any atom is 0.268 e. The van der Waals surface area contributed by atoms with Gasteiger partial charge in [0, 0.05) is 0 Å². The van der Waals surface area contributed by atoms with E-state index in [4.69, 9.17) is 30.9 Å². The van der Waals surface area contributed by atoms with Gasteiger partial charge in [-0.15, -0.1) is 12.8 Å². The van der Waals surface area contributed by atoms with Crippen LogP contribution in [0, 0.1) is 24.7 Å². The van der Waals surface area contributed by atoms with Crippen LogP contribution in [-0.2, 0) is 27.2 Å². The first kappa shape index (κ1) is 57.3. The highest BCUT2D eigenvalue weighted by molar-refractivity contribution is 7.46. The van der Waals surface area contributed by atoms with Crippen LogP contribution in [0.25, 0.3) is 0 Å². The van der Waals surface area contributed by atoms with Crippen molar-refractivity contribution in [1.29, 1.82) is 0 Å². The van der Waals surface area contributed by atoms with E-state index >= 15 is 0 Å². The number of rotatable bonds is 45. The van der Waals surface area contributed by atoms with Gasteiger partial charge in [0.1, 0.15) is 39.4 Å². The monoisotopic (exact) mass is 861 g/mol. The zero-order valence-corrected chi connectivity index (χ0v) is 39.9. The number of nitrogens with zero attached hydrogens (tertiary/aromatic N) is 2. The lowest BCUT2D eigenvalue weighted by Crippen LogP contribution is -2.42. The Labute approximate surface area is 358 Å². The van der Waals surface area contributed by atoms with Crippen molar-refractivity contribution in [2.75, 3.05) is 80.8 Å². The summed E-state index contributed by atoms with van der Waals surface area (Å²) in [6.45, 7) is 2.64. The average Bonchev–Trinajstić information content (AvgIpc) is 3.14. The molecule has 12 heteroatoms. The molecule has 0 saturated carbocycles. The van der Waals surface area contributed by atoms with Crippen molar-refractivity contribution in [3.8, 4) is 24.7 Å². The third kappa shape index (κ3) is 42.0. The third-order valence-corrected chi connectivity index (χ3v) is 13.0. The van der Waals surface area contributed by atoms with E-state index in [-0.39, 0.29) is 26.4 Å². The molecule has 0 aromatic rings. The number of hydrogen-bond donors (Lipinski definition) is 0. The fraction of sp³-hybridized carbons (Fsp3) is 0.913. The summed E-state index contributed by atoms with van der Waals surface area (Å²) in [5, 5.41) is 0. The van der Waals surface area contributed by atoms with Gasteiger partial charge in [-0.05, 0) is 24.7 Å². The summed E-state index contributed by atoms with van der Waals surface area (Å²) in [6, 6.07) is 0. The SMILES string of the molecule is C#CC[N+](C)(C)CCOP(=O)([O-])OCCCCCCCCCCCCCCCCCCCCCCCCCCCCCCCCOP(=O)([O-])OCC[N+](C)(C)CC#C. The standard InChI is InChI=1S/C46H90N2O8P2/c1-7-39-47(3,4)41-45-55-57(49,50)53-43-37-35-33-31-29-27-25-23-21-19-17-15-13-11-9-10-12-14-16-18-20-22-24-26-28-30-32-34-36-38-44-54-58(51,52)56-46-42-48(5,6)40-8-2/h1-2H,9-46H2,3-6H3. The minimum Gasteiger partial charge on any atom is -0.756 e. The summed E-state index contributed by atoms with van der Waals surface area (Å²) in [5.41, 5.74) is 0. The van der Waals surface area contributed by atoms with Crippen molar-refractivity contribution in [3.05, 3.63) is 0 Å². The van der Waals surface area contributed by atoms with Gasteiger partial charge < -0.3 is 36.8 Å². The third-order valence-electron chi connectivity index (χ3n) is 11.0. The van der Waals surface area contributed by atoms with Crippen molar-refractivity contribution in [1.82, 2.24) is 0 Å². The molecule has 0 spiro atoms. The summed E-state index contributed by atoms with van der Waals surface area (Å²) in [5.74, 6) is 5.18. The molecule has 2 unspecified atom stereocenters. The highest BCUT2D eigenvalue weighted by Gasteiger charge is 2.17. The van der Waals surface area contributed by atoms with Crippen LogP contribution in [-0.4, -0.2) is 89.8 Å². The molecular formula is C46H90N2O8P2. The van der Waals surface area contributed by atoms with Crippen LogP contribution in [0.4, 0.5) is 0 Å². The normalized spacial score (nSPS) is 14.2. The molecule has 58 heavy (non-hydrogen) atoms. The number of likely N-dealkylation sites (N-methyl/N-ethyl adjacent to an activating group) is 2. The number of unbranched alkanes of at least 4 members (excludes halogenated alkanes) is 29. The first-order chi connectivity index (χ1) is 27.7. The minimum atomic E-state index is -4.23. The lowest BCUT2D eigenvalue weighted by Gasteiger charge is -2.29. The Kier molecular flexibility index (Phi) is 37.5. The van der Waals surface area contributed by atoms with Crippen LogP contribution in [0.1, 0.15) is 193 Å². The number of phosphoric ester groups is 2.